The fourth-order valence-electron chi connectivity index (χ4n) is 1.87. The van der Waals surface area contributed by atoms with Crippen LogP contribution in [0.1, 0.15) is 26.7 Å². The van der Waals surface area contributed by atoms with Gasteiger partial charge in [0, 0.05) is 13.1 Å². The van der Waals surface area contributed by atoms with Crippen molar-refractivity contribution in [2.45, 2.75) is 26.7 Å². The van der Waals surface area contributed by atoms with Crippen molar-refractivity contribution < 1.29 is 4.79 Å². The van der Waals surface area contributed by atoms with Crippen LogP contribution >= 0.6 is 11.6 Å². The molecule has 1 saturated heterocycles. The highest BCUT2D eigenvalue weighted by Crippen LogP contribution is 2.23. The monoisotopic (exact) mass is 203 g/mol. The fourth-order valence-corrected chi connectivity index (χ4v) is 2.03. The molecule has 0 radical (unpaired) electrons. The number of carbonyl (C=O) groups is 1. The maximum atomic E-state index is 11.3. The second-order valence-corrected chi connectivity index (χ2v) is 4.39. The first kappa shape index (κ1) is 10.8. The van der Waals surface area contributed by atoms with Crippen molar-refractivity contribution in [1.29, 1.82) is 0 Å². The maximum absolute atomic E-state index is 11.3. The molecule has 0 aromatic carbocycles. The van der Waals surface area contributed by atoms with Crippen molar-refractivity contribution in [2.24, 2.45) is 11.8 Å². The van der Waals surface area contributed by atoms with Crippen LogP contribution in [0.2, 0.25) is 0 Å². The van der Waals surface area contributed by atoms with Crippen LogP contribution in [0.5, 0.6) is 0 Å². The molecular weight excluding hydrogens is 186 g/mol. The molecule has 1 aliphatic heterocycles. The summed E-state index contributed by atoms with van der Waals surface area (Å²) in [5.74, 6) is 1.56. The lowest BCUT2D eigenvalue weighted by Gasteiger charge is -2.34. The van der Waals surface area contributed by atoms with Gasteiger partial charge in [0.2, 0.25) is 5.91 Å². The highest BCUT2D eigenvalue weighted by atomic mass is 35.5. The molecule has 1 heterocycles. The Morgan fingerprint density at radius 3 is 2.85 bits per heavy atom. The van der Waals surface area contributed by atoms with Crippen molar-refractivity contribution in [3.8, 4) is 0 Å². The summed E-state index contributed by atoms with van der Waals surface area (Å²) in [7, 11) is 0. The van der Waals surface area contributed by atoms with Crippen molar-refractivity contribution in [1.82, 2.24) is 4.90 Å². The molecule has 1 unspecified atom stereocenters. The highest BCUT2D eigenvalue weighted by Gasteiger charge is 2.24. The Hall–Kier alpha value is -0.240. The molecule has 0 spiro atoms. The van der Waals surface area contributed by atoms with Crippen LogP contribution in [0.4, 0.5) is 0 Å². The van der Waals surface area contributed by atoms with Gasteiger partial charge in [-0.15, -0.1) is 11.6 Å². The smallest absolute Gasteiger partial charge is 0.237 e. The van der Waals surface area contributed by atoms with E-state index in [1.807, 2.05) is 4.90 Å². The minimum atomic E-state index is 0.0898. The van der Waals surface area contributed by atoms with Gasteiger partial charge in [-0.1, -0.05) is 13.8 Å². The minimum absolute atomic E-state index is 0.0898. The Labute approximate surface area is 85.2 Å². The normalized spacial score (nSPS) is 23.7. The predicted molar refractivity (Wildman–Crippen MR) is 54.9 cm³/mol. The van der Waals surface area contributed by atoms with Gasteiger partial charge in [-0.05, 0) is 24.7 Å². The molecule has 1 aliphatic rings. The number of likely N-dealkylation sites (tertiary alicyclic amines) is 1. The Morgan fingerprint density at radius 1 is 1.62 bits per heavy atom. The number of amides is 1. The van der Waals surface area contributed by atoms with E-state index in [-0.39, 0.29) is 11.8 Å². The van der Waals surface area contributed by atoms with Crippen LogP contribution in [0, 0.1) is 11.8 Å². The SMILES string of the molecule is CC(C)C1CCCN(C(=O)CCl)C1. The van der Waals surface area contributed by atoms with Gasteiger partial charge < -0.3 is 4.90 Å². The summed E-state index contributed by atoms with van der Waals surface area (Å²) in [5.41, 5.74) is 0. The Bertz CT molecular complexity index is 182. The first-order valence-electron chi connectivity index (χ1n) is 4.99. The van der Waals surface area contributed by atoms with E-state index in [9.17, 15) is 4.79 Å². The maximum Gasteiger partial charge on any atom is 0.237 e. The molecule has 0 aromatic rings. The van der Waals surface area contributed by atoms with Gasteiger partial charge in [-0.25, -0.2) is 0 Å². The summed E-state index contributed by atoms with van der Waals surface area (Å²) < 4.78 is 0. The summed E-state index contributed by atoms with van der Waals surface area (Å²) in [6, 6.07) is 0. The summed E-state index contributed by atoms with van der Waals surface area (Å²) in [4.78, 5) is 13.2. The van der Waals surface area contributed by atoms with E-state index in [4.69, 9.17) is 11.6 Å². The number of nitrogens with zero attached hydrogens (tertiary/aromatic N) is 1. The minimum Gasteiger partial charge on any atom is -0.341 e. The molecule has 0 saturated carbocycles. The van der Waals surface area contributed by atoms with Crippen LogP contribution in [0.15, 0.2) is 0 Å². The summed E-state index contributed by atoms with van der Waals surface area (Å²) >= 11 is 5.52. The number of hydrogen-bond donors (Lipinski definition) is 0. The number of alkyl halides is 1. The van der Waals surface area contributed by atoms with Gasteiger partial charge in [-0.2, -0.15) is 0 Å². The van der Waals surface area contributed by atoms with Gasteiger partial charge in [-0.3, -0.25) is 4.79 Å². The van der Waals surface area contributed by atoms with Crippen molar-refractivity contribution in [3.05, 3.63) is 0 Å². The molecule has 0 N–H and O–H groups in total. The Morgan fingerprint density at radius 2 is 2.31 bits per heavy atom. The second-order valence-electron chi connectivity index (χ2n) is 4.12. The molecule has 13 heavy (non-hydrogen) atoms. The van der Waals surface area contributed by atoms with Gasteiger partial charge in [0.25, 0.3) is 0 Å². The molecule has 0 bridgehead atoms. The number of carbonyl (C=O) groups excluding carboxylic acids is 1. The largest absolute Gasteiger partial charge is 0.341 e. The summed E-state index contributed by atoms with van der Waals surface area (Å²) in [6.07, 6.45) is 2.38. The van der Waals surface area contributed by atoms with Crippen LogP contribution < -0.4 is 0 Å². The average molecular weight is 204 g/mol. The van der Waals surface area contributed by atoms with Crippen molar-refractivity contribution >= 4 is 17.5 Å². The van der Waals surface area contributed by atoms with Gasteiger partial charge in [0.05, 0.1) is 0 Å². The summed E-state index contributed by atoms with van der Waals surface area (Å²) in [6.45, 7) is 6.25. The third-order valence-corrected chi connectivity index (χ3v) is 3.10. The van der Waals surface area contributed by atoms with Gasteiger partial charge in [0.15, 0.2) is 0 Å². The molecule has 1 amide bonds. The fraction of sp³-hybridized carbons (Fsp3) is 0.900. The lowest BCUT2D eigenvalue weighted by atomic mass is 9.88. The summed E-state index contributed by atoms with van der Waals surface area (Å²) in [5, 5.41) is 0. The zero-order valence-electron chi connectivity index (χ0n) is 8.42. The third-order valence-electron chi connectivity index (χ3n) is 2.87. The van der Waals surface area contributed by atoms with E-state index < -0.39 is 0 Å². The Kier molecular flexibility index (Phi) is 4.04. The third kappa shape index (κ3) is 2.87. The van der Waals surface area contributed by atoms with Crippen LogP contribution in [-0.2, 0) is 4.79 Å². The van der Waals surface area contributed by atoms with Crippen LogP contribution in [-0.4, -0.2) is 29.8 Å². The zero-order chi connectivity index (χ0) is 9.84. The average Bonchev–Trinajstić information content (AvgIpc) is 2.17. The predicted octanol–water partition coefficient (Wildman–Crippen LogP) is 2.12. The molecule has 3 heteroatoms. The Balaban J connectivity index is 2.46. The lowest BCUT2D eigenvalue weighted by molar-refractivity contribution is -0.130. The molecule has 1 fully saturated rings. The molecular formula is C10H18ClNO. The highest BCUT2D eigenvalue weighted by molar-refractivity contribution is 6.27. The van der Waals surface area contributed by atoms with Crippen LogP contribution in [0.25, 0.3) is 0 Å². The zero-order valence-corrected chi connectivity index (χ0v) is 9.18. The first-order chi connectivity index (χ1) is 6.15. The van der Waals surface area contributed by atoms with E-state index in [0.717, 1.165) is 19.5 Å². The lowest BCUT2D eigenvalue weighted by Crippen LogP contribution is -2.41. The molecule has 2 nitrogen and oxygen atoms in total. The first-order valence-corrected chi connectivity index (χ1v) is 5.52. The van der Waals surface area contributed by atoms with Gasteiger partial charge in [0.1, 0.15) is 5.88 Å². The van der Waals surface area contributed by atoms with Gasteiger partial charge >= 0.3 is 0 Å². The van der Waals surface area contributed by atoms with E-state index in [2.05, 4.69) is 13.8 Å². The second kappa shape index (κ2) is 4.85. The molecule has 0 aliphatic carbocycles. The molecule has 76 valence electrons. The molecule has 1 atom stereocenters. The van der Waals surface area contributed by atoms with E-state index in [1.165, 1.54) is 6.42 Å². The number of hydrogen-bond acceptors (Lipinski definition) is 1. The van der Waals surface area contributed by atoms with E-state index >= 15 is 0 Å². The number of piperidine rings is 1. The quantitative estimate of drug-likeness (QED) is 0.630. The molecule has 1 rings (SSSR count). The van der Waals surface area contributed by atoms with Crippen molar-refractivity contribution in [3.63, 3.8) is 0 Å². The van der Waals surface area contributed by atoms with E-state index in [0.29, 0.717) is 11.8 Å². The number of rotatable bonds is 2. The standard InChI is InChI=1S/C10H18ClNO/c1-8(2)9-4-3-5-12(7-9)10(13)6-11/h8-9H,3-7H2,1-2H3. The number of halogens is 1. The van der Waals surface area contributed by atoms with Crippen LogP contribution in [0.3, 0.4) is 0 Å². The topological polar surface area (TPSA) is 20.3 Å². The van der Waals surface area contributed by atoms with E-state index in [1.54, 1.807) is 0 Å². The van der Waals surface area contributed by atoms with Crippen molar-refractivity contribution in [2.75, 3.05) is 19.0 Å². The molecule has 0 aromatic heterocycles.